The van der Waals surface area contributed by atoms with Gasteiger partial charge in [-0.15, -0.1) is 0 Å². The van der Waals surface area contributed by atoms with Crippen LogP contribution in [-0.2, 0) is 11.3 Å². The Hall–Kier alpha value is -1.42. The van der Waals surface area contributed by atoms with Crippen molar-refractivity contribution in [2.45, 2.75) is 20.4 Å². The molecular weight excluding hydrogens is 214 g/mol. The Bertz CT molecular complexity index is 405. The standard InChI is InChI=1S/C13H19N3O/c1-9-6-14-8-12(9)13(17)15-7-11-5-3-4-10(2)16-11/h3-5,9,12,14H,6-8H2,1-2H3,(H,15,17). The van der Waals surface area contributed by atoms with Crippen LogP contribution in [0.3, 0.4) is 0 Å². The van der Waals surface area contributed by atoms with E-state index in [1.165, 1.54) is 0 Å². The minimum absolute atomic E-state index is 0.0970. The Kier molecular flexibility index (Phi) is 3.74. The van der Waals surface area contributed by atoms with Crippen molar-refractivity contribution in [2.75, 3.05) is 13.1 Å². The Balaban J connectivity index is 1.88. The van der Waals surface area contributed by atoms with Gasteiger partial charge in [-0.25, -0.2) is 0 Å². The van der Waals surface area contributed by atoms with E-state index in [0.29, 0.717) is 12.5 Å². The van der Waals surface area contributed by atoms with E-state index >= 15 is 0 Å². The van der Waals surface area contributed by atoms with E-state index in [0.717, 1.165) is 24.5 Å². The molecule has 0 aliphatic carbocycles. The minimum Gasteiger partial charge on any atom is -0.350 e. The summed E-state index contributed by atoms with van der Waals surface area (Å²) in [7, 11) is 0. The van der Waals surface area contributed by atoms with Crippen molar-refractivity contribution in [3.63, 3.8) is 0 Å². The van der Waals surface area contributed by atoms with Gasteiger partial charge < -0.3 is 10.6 Å². The van der Waals surface area contributed by atoms with E-state index in [1.54, 1.807) is 0 Å². The fourth-order valence-electron chi connectivity index (χ4n) is 2.17. The van der Waals surface area contributed by atoms with E-state index in [9.17, 15) is 4.79 Å². The van der Waals surface area contributed by atoms with Crippen LogP contribution in [0.15, 0.2) is 18.2 Å². The van der Waals surface area contributed by atoms with Crippen molar-refractivity contribution in [1.29, 1.82) is 0 Å². The maximum absolute atomic E-state index is 11.9. The largest absolute Gasteiger partial charge is 0.350 e. The molecule has 1 fully saturated rings. The van der Waals surface area contributed by atoms with Gasteiger partial charge in [0, 0.05) is 12.2 Å². The number of nitrogens with one attached hydrogen (secondary N) is 2. The van der Waals surface area contributed by atoms with Gasteiger partial charge in [0.25, 0.3) is 0 Å². The molecule has 17 heavy (non-hydrogen) atoms. The Morgan fingerprint density at radius 2 is 2.35 bits per heavy atom. The molecule has 4 heteroatoms. The molecule has 2 atom stereocenters. The maximum atomic E-state index is 11.9. The van der Waals surface area contributed by atoms with Gasteiger partial charge in [-0.2, -0.15) is 0 Å². The van der Waals surface area contributed by atoms with Gasteiger partial charge in [0.15, 0.2) is 0 Å². The number of nitrogens with zero attached hydrogens (tertiary/aromatic N) is 1. The molecule has 1 aliphatic heterocycles. The molecule has 1 saturated heterocycles. The molecule has 0 aromatic carbocycles. The van der Waals surface area contributed by atoms with Crippen LogP contribution in [0, 0.1) is 18.8 Å². The van der Waals surface area contributed by atoms with Gasteiger partial charge in [0.05, 0.1) is 18.2 Å². The van der Waals surface area contributed by atoms with E-state index < -0.39 is 0 Å². The summed E-state index contributed by atoms with van der Waals surface area (Å²) in [4.78, 5) is 16.3. The van der Waals surface area contributed by atoms with Crippen molar-refractivity contribution >= 4 is 5.91 Å². The second-order valence-electron chi connectivity index (χ2n) is 4.73. The molecular formula is C13H19N3O. The molecule has 1 aromatic heterocycles. The van der Waals surface area contributed by atoms with Crippen LogP contribution in [-0.4, -0.2) is 24.0 Å². The molecule has 1 aromatic rings. The molecule has 2 heterocycles. The van der Waals surface area contributed by atoms with Crippen LogP contribution >= 0.6 is 0 Å². The molecule has 2 N–H and O–H groups in total. The molecule has 92 valence electrons. The number of aryl methyl sites for hydroxylation is 1. The van der Waals surface area contributed by atoms with E-state index in [4.69, 9.17) is 0 Å². The van der Waals surface area contributed by atoms with Crippen molar-refractivity contribution in [2.24, 2.45) is 11.8 Å². The summed E-state index contributed by atoms with van der Waals surface area (Å²) in [6.45, 7) is 6.29. The third kappa shape index (κ3) is 3.03. The van der Waals surface area contributed by atoms with Crippen LogP contribution in [0.4, 0.5) is 0 Å². The summed E-state index contributed by atoms with van der Waals surface area (Å²) >= 11 is 0. The van der Waals surface area contributed by atoms with Gasteiger partial charge in [-0.3, -0.25) is 9.78 Å². The number of carbonyl (C=O) groups is 1. The van der Waals surface area contributed by atoms with Gasteiger partial charge in [0.2, 0.25) is 5.91 Å². The van der Waals surface area contributed by atoms with Crippen molar-refractivity contribution in [3.8, 4) is 0 Å². The number of rotatable bonds is 3. The topological polar surface area (TPSA) is 54.0 Å². The fraction of sp³-hybridized carbons (Fsp3) is 0.538. The highest BCUT2D eigenvalue weighted by atomic mass is 16.1. The predicted octanol–water partition coefficient (Wildman–Crippen LogP) is 0.862. The first-order valence-corrected chi connectivity index (χ1v) is 6.08. The molecule has 1 aliphatic rings. The summed E-state index contributed by atoms with van der Waals surface area (Å²) in [6, 6.07) is 5.85. The fourth-order valence-corrected chi connectivity index (χ4v) is 2.17. The summed E-state index contributed by atoms with van der Waals surface area (Å²) in [5.41, 5.74) is 1.89. The molecule has 0 spiro atoms. The Morgan fingerprint density at radius 1 is 1.53 bits per heavy atom. The highest BCUT2D eigenvalue weighted by molar-refractivity contribution is 5.79. The average Bonchev–Trinajstić information content (AvgIpc) is 2.72. The van der Waals surface area contributed by atoms with Crippen LogP contribution in [0.5, 0.6) is 0 Å². The zero-order valence-corrected chi connectivity index (χ0v) is 10.4. The van der Waals surface area contributed by atoms with Crippen molar-refractivity contribution in [3.05, 3.63) is 29.6 Å². The third-order valence-electron chi connectivity index (χ3n) is 3.24. The van der Waals surface area contributed by atoms with E-state index in [2.05, 4.69) is 22.5 Å². The summed E-state index contributed by atoms with van der Waals surface area (Å²) in [6.07, 6.45) is 0. The lowest BCUT2D eigenvalue weighted by Crippen LogP contribution is -2.34. The quantitative estimate of drug-likeness (QED) is 0.814. The first kappa shape index (κ1) is 12.0. The number of aromatic nitrogens is 1. The number of amides is 1. The van der Waals surface area contributed by atoms with Gasteiger partial charge in [0.1, 0.15) is 0 Å². The van der Waals surface area contributed by atoms with Gasteiger partial charge >= 0.3 is 0 Å². The molecule has 2 unspecified atom stereocenters. The molecule has 2 rings (SSSR count). The summed E-state index contributed by atoms with van der Waals surface area (Å²) in [5.74, 6) is 0.645. The predicted molar refractivity (Wildman–Crippen MR) is 66.3 cm³/mol. The highest BCUT2D eigenvalue weighted by Crippen LogP contribution is 2.15. The van der Waals surface area contributed by atoms with Gasteiger partial charge in [-0.1, -0.05) is 13.0 Å². The highest BCUT2D eigenvalue weighted by Gasteiger charge is 2.29. The van der Waals surface area contributed by atoms with E-state index in [-0.39, 0.29) is 11.8 Å². The minimum atomic E-state index is 0.0970. The summed E-state index contributed by atoms with van der Waals surface area (Å²) in [5, 5.41) is 6.19. The Morgan fingerprint density at radius 3 is 3.00 bits per heavy atom. The number of hydrogen-bond acceptors (Lipinski definition) is 3. The molecule has 4 nitrogen and oxygen atoms in total. The lowest BCUT2D eigenvalue weighted by molar-refractivity contribution is -0.125. The zero-order valence-electron chi connectivity index (χ0n) is 10.4. The second-order valence-corrected chi connectivity index (χ2v) is 4.73. The maximum Gasteiger partial charge on any atom is 0.225 e. The first-order chi connectivity index (χ1) is 8.16. The van der Waals surface area contributed by atoms with Crippen molar-refractivity contribution in [1.82, 2.24) is 15.6 Å². The van der Waals surface area contributed by atoms with Crippen LogP contribution in [0.1, 0.15) is 18.3 Å². The summed E-state index contributed by atoms with van der Waals surface area (Å²) < 4.78 is 0. The third-order valence-corrected chi connectivity index (χ3v) is 3.24. The Labute approximate surface area is 102 Å². The molecule has 0 radical (unpaired) electrons. The number of carbonyl (C=O) groups excluding carboxylic acids is 1. The first-order valence-electron chi connectivity index (χ1n) is 6.08. The second kappa shape index (κ2) is 5.27. The number of pyridine rings is 1. The zero-order chi connectivity index (χ0) is 12.3. The number of hydrogen-bond donors (Lipinski definition) is 2. The molecule has 0 bridgehead atoms. The van der Waals surface area contributed by atoms with Crippen LogP contribution in [0.2, 0.25) is 0 Å². The monoisotopic (exact) mass is 233 g/mol. The molecule has 0 saturated carbocycles. The van der Waals surface area contributed by atoms with Gasteiger partial charge in [-0.05, 0) is 31.5 Å². The smallest absolute Gasteiger partial charge is 0.225 e. The lowest BCUT2D eigenvalue weighted by atomic mass is 9.97. The SMILES string of the molecule is Cc1cccc(CNC(=O)C2CNCC2C)n1. The van der Waals surface area contributed by atoms with Crippen LogP contribution in [0.25, 0.3) is 0 Å². The lowest BCUT2D eigenvalue weighted by Gasteiger charge is -2.13. The van der Waals surface area contributed by atoms with E-state index in [1.807, 2.05) is 25.1 Å². The molecule has 1 amide bonds. The average molecular weight is 233 g/mol. The van der Waals surface area contributed by atoms with Crippen molar-refractivity contribution < 1.29 is 4.79 Å². The van der Waals surface area contributed by atoms with Crippen LogP contribution < -0.4 is 10.6 Å². The normalized spacial score (nSPS) is 23.6.